The van der Waals surface area contributed by atoms with E-state index in [9.17, 15) is 9.59 Å². The highest BCUT2D eigenvalue weighted by molar-refractivity contribution is 7.15. The van der Waals surface area contributed by atoms with Crippen LogP contribution in [0.4, 0.5) is 5.13 Å². The summed E-state index contributed by atoms with van der Waals surface area (Å²) in [6.07, 6.45) is 2.57. The van der Waals surface area contributed by atoms with E-state index in [0.717, 1.165) is 56.3 Å². The van der Waals surface area contributed by atoms with Gasteiger partial charge in [0.1, 0.15) is 0 Å². The molecule has 1 saturated heterocycles. The lowest BCUT2D eigenvalue weighted by Gasteiger charge is -2.33. The number of thiazole rings is 1. The van der Waals surface area contributed by atoms with Crippen molar-refractivity contribution < 1.29 is 9.59 Å². The van der Waals surface area contributed by atoms with Gasteiger partial charge in [-0.05, 0) is 19.3 Å². The molecule has 0 saturated carbocycles. The van der Waals surface area contributed by atoms with Gasteiger partial charge < -0.3 is 15.1 Å². The molecule has 0 radical (unpaired) electrons. The molecule has 22 heavy (non-hydrogen) atoms. The summed E-state index contributed by atoms with van der Waals surface area (Å²) in [6.45, 7) is 4.83. The van der Waals surface area contributed by atoms with Gasteiger partial charge in [0.05, 0.1) is 5.69 Å². The normalized spacial score (nSPS) is 21.5. The third kappa shape index (κ3) is 2.95. The summed E-state index contributed by atoms with van der Waals surface area (Å²) >= 11 is 1.71. The summed E-state index contributed by atoms with van der Waals surface area (Å²) in [6, 6.07) is 0. The van der Waals surface area contributed by atoms with Crippen molar-refractivity contribution in [2.75, 3.05) is 38.1 Å². The van der Waals surface area contributed by atoms with Crippen molar-refractivity contribution in [1.29, 1.82) is 0 Å². The molecule has 1 N–H and O–H groups in total. The summed E-state index contributed by atoms with van der Waals surface area (Å²) in [5.74, 6) is 0.363. The first-order chi connectivity index (χ1) is 10.6. The van der Waals surface area contributed by atoms with Gasteiger partial charge in [-0.3, -0.25) is 9.59 Å². The van der Waals surface area contributed by atoms with Crippen LogP contribution in [0.1, 0.15) is 23.9 Å². The van der Waals surface area contributed by atoms with E-state index in [1.54, 1.807) is 25.3 Å². The molecule has 2 heterocycles. The second-order valence-electron chi connectivity index (χ2n) is 5.91. The number of aromatic nitrogens is 1. The molecule has 6 nitrogen and oxygen atoms in total. The first kappa shape index (κ1) is 15.3. The van der Waals surface area contributed by atoms with Crippen LogP contribution < -0.4 is 10.2 Å². The Labute approximate surface area is 134 Å². The summed E-state index contributed by atoms with van der Waals surface area (Å²) < 4.78 is 0. The summed E-state index contributed by atoms with van der Waals surface area (Å²) in [7, 11) is 1.70. The van der Waals surface area contributed by atoms with Crippen LogP contribution in [0.3, 0.4) is 0 Å². The van der Waals surface area contributed by atoms with E-state index < -0.39 is 0 Å². The van der Waals surface area contributed by atoms with Crippen molar-refractivity contribution >= 4 is 28.3 Å². The Hall–Kier alpha value is -1.63. The molecular formula is C15H22N4O2S. The Morgan fingerprint density at radius 1 is 1.27 bits per heavy atom. The Bertz CT molecular complexity index is 578. The number of hydrogen-bond donors (Lipinski definition) is 1. The largest absolute Gasteiger partial charge is 0.359 e. The van der Waals surface area contributed by atoms with Crippen LogP contribution >= 0.6 is 11.3 Å². The zero-order valence-corrected chi connectivity index (χ0v) is 13.9. The molecule has 2 aliphatic rings. The lowest BCUT2D eigenvalue weighted by molar-refractivity contribution is -0.129. The number of carbonyl (C=O) groups is 2. The molecule has 0 spiro atoms. The van der Waals surface area contributed by atoms with Crippen LogP contribution in [0.25, 0.3) is 0 Å². The van der Waals surface area contributed by atoms with Gasteiger partial charge in [-0.25, -0.2) is 4.98 Å². The van der Waals surface area contributed by atoms with Gasteiger partial charge in [0.15, 0.2) is 5.13 Å². The summed E-state index contributed by atoms with van der Waals surface area (Å²) in [4.78, 5) is 33.4. The minimum Gasteiger partial charge on any atom is -0.359 e. The van der Waals surface area contributed by atoms with Crippen LogP contribution in [-0.4, -0.2) is 54.9 Å². The SMILES string of the molecule is CNC(=O)[C@@H]1CCc2nc(N3CCN(C(C)=O)CC3)sc2C1. The lowest BCUT2D eigenvalue weighted by Crippen LogP contribution is -2.48. The zero-order chi connectivity index (χ0) is 15.7. The van der Waals surface area contributed by atoms with Gasteiger partial charge in [-0.1, -0.05) is 0 Å². The molecule has 1 atom stereocenters. The number of anilines is 1. The minimum atomic E-state index is 0.0837. The Morgan fingerprint density at radius 2 is 2.00 bits per heavy atom. The molecular weight excluding hydrogens is 300 g/mol. The average Bonchev–Trinajstić information content (AvgIpc) is 2.97. The number of nitrogens with zero attached hydrogens (tertiary/aromatic N) is 3. The maximum Gasteiger partial charge on any atom is 0.223 e. The molecule has 1 aliphatic carbocycles. The highest BCUT2D eigenvalue weighted by atomic mass is 32.1. The van der Waals surface area contributed by atoms with Gasteiger partial charge >= 0.3 is 0 Å². The van der Waals surface area contributed by atoms with Crippen molar-refractivity contribution in [1.82, 2.24) is 15.2 Å². The van der Waals surface area contributed by atoms with Gasteiger partial charge in [0.2, 0.25) is 11.8 Å². The maximum absolute atomic E-state index is 11.8. The first-order valence-electron chi connectivity index (χ1n) is 7.79. The smallest absolute Gasteiger partial charge is 0.223 e. The van der Waals surface area contributed by atoms with Gasteiger partial charge in [0, 0.05) is 50.9 Å². The number of amides is 2. The van der Waals surface area contributed by atoms with E-state index in [2.05, 4.69) is 10.2 Å². The number of rotatable bonds is 2. The fourth-order valence-electron chi connectivity index (χ4n) is 3.14. The number of hydrogen-bond acceptors (Lipinski definition) is 5. The molecule has 7 heteroatoms. The third-order valence-electron chi connectivity index (χ3n) is 4.54. The lowest BCUT2D eigenvalue weighted by atomic mass is 9.90. The van der Waals surface area contributed by atoms with E-state index in [1.165, 1.54) is 4.88 Å². The minimum absolute atomic E-state index is 0.0837. The van der Waals surface area contributed by atoms with Crippen LogP contribution in [0.2, 0.25) is 0 Å². The maximum atomic E-state index is 11.8. The summed E-state index contributed by atoms with van der Waals surface area (Å²) in [5.41, 5.74) is 1.16. The number of nitrogens with one attached hydrogen (secondary N) is 1. The highest BCUT2D eigenvalue weighted by Gasteiger charge is 2.28. The highest BCUT2D eigenvalue weighted by Crippen LogP contribution is 2.34. The van der Waals surface area contributed by atoms with E-state index in [-0.39, 0.29) is 17.7 Å². The van der Waals surface area contributed by atoms with Crippen LogP contribution in [-0.2, 0) is 22.4 Å². The van der Waals surface area contributed by atoms with Crippen molar-refractivity contribution in [3.63, 3.8) is 0 Å². The number of fused-ring (bicyclic) bond motifs is 1. The number of piperazine rings is 1. The molecule has 1 fully saturated rings. The quantitative estimate of drug-likeness (QED) is 0.869. The second-order valence-corrected chi connectivity index (χ2v) is 6.98. The number of carbonyl (C=O) groups excluding carboxylic acids is 2. The van der Waals surface area contributed by atoms with Crippen LogP contribution in [0.15, 0.2) is 0 Å². The van der Waals surface area contributed by atoms with Crippen LogP contribution in [0.5, 0.6) is 0 Å². The molecule has 1 aliphatic heterocycles. The predicted molar refractivity (Wildman–Crippen MR) is 86.2 cm³/mol. The van der Waals surface area contributed by atoms with E-state index >= 15 is 0 Å². The van der Waals surface area contributed by atoms with Gasteiger partial charge in [-0.15, -0.1) is 11.3 Å². The Kier molecular flexibility index (Phi) is 4.33. The molecule has 1 aromatic rings. The molecule has 0 aromatic carbocycles. The van der Waals surface area contributed by atoms with Crippen molar-refractivity contribution in [2.45, 2.75) is 26.2 Å². The summed E-state index contributed by atoms with van der Waals surface area (Å²) in [5, 5.41) is 3.80. The predicted octanol–water partition coefficient (Wildman–Crippen LogP) is 0.662. The topological polar surface area (TPSA) is 65.5 Å². The third-order valence-corrected chi connectivity index (χ3v) is 5.72. The standard InChI is InChI=1S/C15H22N4O2S/c1-10(20)18-5-7-19(8-6-18)15-17-12-4-3-11(14(21)16-2)9-13(12)22-15/h11H,3-9H2,1-2H3,(H,16,21)/t11-/m1/s1. The van der Waals surface area contributed by atoms with Crippen molar-refractivity contribution in [2.24, 2.45) is 5.92 Å². The number of aryl methyl sites for hydroxylation is 1. The van der Waals surface area contributed by atoms with Crippen LogP contribution in [0, 0.1) is 5.92 Å². The monoisotopic (exact) mass is 322 g/mol. The average molecular weight is 322 g/mol. The molecule has 0 unspecified atom stereocenters. The first-order valence-corrected chi connectivity index (χ1v) is 8.60. The van der Waals surface area contributed by atoms with E-state index in [4.69, 9.17) is 4.98 Å². The van der Waals surface area contributed by atoms with Gasteiger partial charge in [-0.2, -0.15) is 0 Å². The van der Waals surface area contributed by atoms with Crippen molar-refractivity contribution in [3.8, 4) is 0 Å². The zero-order valence-electron chi connectivity index (χ0n) is 13.1. The second kappa shape index (κ2) is 6.24. The Morgan fingerprint density at radius 3 is 2.64 bits per heavy atom. The molecule has 3 rings (SSSR count). The van der Waals surface area contributed by atoms with E-state index in [0.29, 0.717) is 0 Å². The molecule has 120 valence electrons. The molecule has 1 aromatic heterocycles. The van der Waals surface area contributed by atoms with Gasteiger partial charge in [0.25, 0.3) is 0 Å². The van der Waals surface area contributed by atoms with E-state index in [1.807, 2.05) is 4.90 Å². The van der Waals surface area contributed by atoms with Crippen molar-refractivity contribution in [3.05, 3.63) is 10.6 Å². The molecule has 2 amide bonds. The fourth-order valence-corrected chi connectivity index (χ4v) is 4.38. The molecule has 0 bridgehead atoms. The fraction of sp³-hybridized carbons (Fsp3) is 0.667. The Balaban J connectivity index is 1.67.